The molecule has 0 radical (unpaired) electrons. The molecule has 0 aliphatic rings. The number of hydrogen-bond acceptors (Lipinski definition) is 2. The summed E-state index contributed by atoms with van der Waals surface area (Å²) in [5.41, 5.74) is 3.17. The van der Waals surface area contributed by atoms with Crippen LogP contribution in [0, 0.1) is 5.82 Å². The van der Waals surface area contributed by atoms with Crippen LogP contribution < -0.4 is 0 Å². The number of benzene rings is 1. The molecule has 0 saturated carbocycles. The number of carbonyl (C=O) groups is 1. The normalized spacial score (nSPS) is 10.8. The Hall–Kier alpha value is -2.17. The molecule has 0 aliphatic carbocycles. The summed E-state index contributed by atoms with van der Waals surface area (Å²) in [5.74, 6) is -1.17. The van der Waals surface area contributed by atoms with Crippen LogP contribution in [0.4, 0.5) is 4.39 Å². The quantitative estimate of drug-likeness (QED) is 0.913. The third-order valence-electron chi connectivity index (χ3n) is 3.24. The van der Waals surface area contributed by atoms with E-state index in [1.807, 2.05) is 13.8 Å². The van der Waals surface area contributed by atoms with E-state index in [1.165, 1.54) is 12.1 Å². The second kappa shape index (κ2) is 5.86. The fourth-order valence-corrected chi connectivity index (χ4v) is 2.33. The second-order valence-electron chi connectivity index (χ2n) is 4.54. The Morgan fingerprint density at radius 2 is 1.90 bits per heavy atom. The van der Waals surface area contributed by atoms with Crippen molar-refractivity contribution in [1.82, 2.24) is 9.78 Å². The minimum absolute atomic E-state index is 0.0342. The van der Waals surface area contributed by atoms with Gasteiger partial charge >= 0.3 is 5.97 Å². The molecule has 2 rings (SSSR count). The first-order valence-electron chi connectivity index (χ1n) is 6.64. The van der Waals surface area contributed by atoms with Crippen LogP contribution in [0.15, 0.2) is 24.3 Å². The van der Waals surface area contributed by atoms with Crippen LogP contribution >= 0.6 is 0 Å². The Labute approximate surface area is 116 Å². The Kier molecular flexibility index (Phi) is 4.17. The third-order valence-corrected chi connectivity index (χ3v) is 3.24. The van der Waals surface area contributed by atoms with Crippen molar-refractivity contribution in [2.75, 3.05) is 0 Å². The highest BCUT2D eigenvalue weighted by atomic mass is 19.1. The number of rotatable bonds is 5. The predicted molar refractivity (Wildman–Crippen MR) is 73.6 cm³/mol. The maximum absolute atomic E-state index is 13.0. The first kappa shape index (κ1) is 14.2. The number of hydrogen-bond donors (Lipinski definition) is 1. The van der Waals surface area contributed by atoms with Gasteiger partial charge in [-0.15, -0.1) is 0 Å². The van der Waals surface area contributed by atoms with Crippen molar-refractivity contribution in [3.05, 3.63) is 47.0 Å². The van der Waals surface area contributed by atoms with Gasteiger partial charge in [0.1, 0.15) is 5.82 Å². The van der Waals surface area contributed by atoms with Gasteiger partial charge in [-0.2, -0.15) is 5.10 Å². The van der Waals surface area contributed by atoms with E-state index in [0.29, 0.717) is 12.8 Å². The van der Waals surface area contributed by atoms with Gasteiger partial charge in [0, 0.05) is 11.3 Å². The van der Waals surface area contributed by atoms with Gasteiger partial charge in [-0.1, -0.05) is 13.8 Å². The minimum atomic E-state index is -0.868. The molecule has 0 spiro atoms. The van der Waals surface area contributed by atoms with Crippen LogP contribution in [0.1, 0.15) is 30.8 Å². The summed E-state index contributed by atoms with van der Waals surface area (Å²) in [6.45, 7) is 3.91. The molecule has 1 aromatic carbocycles. The number of nitrogens with zero attached hydrogens (tertiary/aromatic N) is 2. The zero-order valence-corrected chi connectivity index (χ0v) is 11.6. The van der Waals surface area contributed by atoms with E-state index in [-0.39, 0.29) is 12.2 Å². The van der Waals surface area contributed by atoms with Gasteiger partial charge in [-0.3, -0.25) is 4.79 Å². The highest BCUT2D eigenvalue weighted by molar-refractivity contribution is 5.71. The first-order chi connectivity index (χ1) is 9.56. The summed E-state index contributed by atoms with van der Waals surface area (Å²) in [6, 6.07) is 6.04. The van der Waals surface area contributed by atoms with Crippen LogP contribution in [0.3, 0.4) is 0 Å². The van der Waals surface area contributed by atoms with Crippen LogP contribution in [-0.2, 0) is 24.1 Å². The third kappa shape index (κ3) is 2.71. The van der Waals surface area contributed by atoms with Gasteiger partial charge in [0.05, 0.1) is 17.8 Å². The first-order valence-corrected chi connectivity index (χ1v) is 6.64. The molecule has 0 unspecified atom stereocenters. The Morgan fingerprint density at radius 3 is 2.40 bits per heavy atom. The number of carboxylic acid groups (broad SMARTS) is 1. The van der Waals surface area contributed by atoms with Crippen LogP contribution in [0.5, 0.6) is 0 Å². The molecule has 0 aliphatic heterocycles. The number of carboxylic acids is 1. The van der Waals surface area contributed by atoms with Crippen molar-refractivity contribution in [2.45, 2.75) is 33.1 Å². The molecule has 20 heavy (non-hydrogen) atoms. The lowest BCUT2D eigenvalue weighted by molar-refractivity contribution is -0.136. The Morgan fingerprint density at radius 1 is 1.25 bits per heavy atom. The predicted octanol–water partition coefficient (Wildman–Crippen LogP) is 2.76. The molecule has 0 atom stereocenters. The Bertz CT molecular complexity index is 618. The van der Waals surface area contributed by atoms with Crippen molar-refractivity contribution in [3.63, 3.8) is 0 Å². The van der Waals surface area contributed by atoms with E-state index in [2.05, 4.69) is 5.10 Å². The standard InChI is InChI=1S/C15H17FN2O2/c1-3-13-12(9-15(19)20)14(4-2)18(17-13)11-7-5-10(16)6-8-11/h5-8H,3-4,9H2,1-2H3,(H,19,20). The molecule has 1 N–H and O–H groups in total. The van der Waals surface area contributed by atoms with Gasteiger partial charge in [-0.25, -0.2) is 9.07 Å². The highest BCUT2D eigenvalue weighted by Crippen LogP contribution is 2.21. The lowest BCUT2D eigenvalue weighted by Crippen LogP contribution is -2.06. The summed E-state index contributed by atoms with van der Waals surface area (Å²) in [4.78, 5) is 11.0. The number of halogens is 1. The van der Waals surface area contributed by atoms with E-state index in [9.17, 15) is 9.18 Å². The molecule has 0 saturated heterocycles. The zero-order chi connectivity index (χ0) is 14.7. The molecule has 5 heteroatoms. The van der Waals surface area contributed by atoms with Gasteiger partial charge in [0.25, 0.3) is 0 Å². The number of aryl methyl sites for hydroxylation is 1. The maximum Gasteiger partial charge on any atom is 0.307 e. The Balaban J connectivity index is 2.55. The molecule has 2 aromatic rings. The molecule has 4 nitrogen and oxygen atoms in total. The lowest BCUT2D eigenvalue weighted by Gasteiger charge is -2.07. The van der Waals surface area contributed by atoms with Crippen LogP contribution in [0.2, 0.25) is 0 Å². The molecular weight excluding hydrogens is 259 g/mol. The molecule has 0 amide bonds. The van der Waals surface area contributed by atoms with Crippen molar-refractivity contribution in [3.8, 4) is 5.69 Å². The van der Waals surface area contributed by atoms with E-state index < -0.39 is 5.97 Å². The van der Waals surface area contributed by atoms with Gasteiger partial charge in [0.2, 0.25) is 0 Å². The number of aromatic nitrogens is 2. The van der Waals surface area contributed by atoms with E-state index in [1.54, 1.807) is 16.8 Å². The second-order valence-corrected chi connectivity index (χ2v) is 4.54. The lowest BCUT2D eigenvalue weighted by atomic mass is 10.1. The fourth-order valence-electron chi connectivity index (χ4n) is 2.33. The van der Waals surface area contributed by atoms with E-state index in [0.717, 1.165) is 22.6 Å². The summed E-state index contributed by atoms with van der Waals surface area (Å²) in [6.07, 6.45) is 1.31. The van der Waals surface area contributed by atoms with Gasteiger partial charge < -0.3 is 5.11 Å². The molecule has 1 aromatic heterocycles. The van der Waals surface area contributed by atoms with Crippen molar-refractivity contribution in [1.29, 1.82) is 0 Å². The molecule has 1 heterocycles. The van der Waals surface area contributed by atoms with E-state index >= 15 is 0 Å². The van der Waals surface area contributed by atoms with Crippen LogP contribution in [-0.4, -0.2) is 20.9 Å². The van der Waals surface area contributed by atoms with Gasteiger partial charge in [0.15, 0.2) is 0 Å². The fraction of sp³-hybridized carbons (Fsp3) is 0.333. The average molecular weight is 276 g/mol. The topological polar surface area (TPSA) is 55.1 Å². The van der Waals surface area contributed by atoms with Crippen LogP contribution in [0.25, 0.3) is 5.69 Å². The molecule has 106 valence electrons. The monoisotopic (exact) mass is 276 g/mol. The average Bonchev–Trinajstić information content (AvgIpc) is 2.76. The summed E-state index contributed by atoms with van der Waals surface area (Å²) < 4.78 is 14.7. The summed E-state index contributed by atoms with van der Waals surface area (Å²) >= 11 is 0. The largest absolute Gasteiger partial charge is 0.481 e. The molecular formula is C15H17FN2O2. The van der Waals surface area contributed by atoms with Crippen molar-refractivity contribution < 1.29 is 14.3 Å². The van der Waals surface area contributed by atoms with Crippen molar-refractivity contribution in [2.24, 2.45) is 0 Å². The van der Waals surface area contributed by atoms with Gasteiger partial charge in [-0.05, 0) is 37.1 Å². The minimum Gasteiger partial charge on any atom is -0.481 e. The van der Waals surface area contributed by atoms with Crippen molar-refractivity contribution >= 4 is 5.97 Å². The SMILES string of the molecule is CCc1nn(-c2ccc(F)cc2)c(CC)c1CC(=O)O. The number of aliphatic carboxylic acids is 1. The summed E-state index contributed by atoms with van der Waals surface area (Å²) in [5, 5.41) is 13.5. The van der Waals surface area contributed by atoms with E-state index in [4.69, 9.17) is 5.11 Å². The smallest absolute Gasteiger partial charge is 0.307 e. The highest BCUT2D eigenvalue weighted by Gasteiger charge is 2.18. The summed E-state index contributed by atoms with van der Waals surface area (Å²) in [7, 11) is 0. The maximum atomic E-state index is 13.0. The molecule has 0 fully saturated rings. The molecule has 0 bridgehead atoms. The zero-order valence-electron chi connectivity index (χ0n) is 11.6.